The van der Waals surface area contributed by atoms with Crippen molar-refractivity contribution >= 4 is 29.0 Å². The highest BCUT2D eigenvalue weighted by molar-refractivity contribution is 6.34. The summed E-state index contributed by atoms with van der Waals surface area (Å²) in [5, 5.41) is 3.05. The van der Waals surface area contributed by atoms with Crippen molar-refractivity contribution in [1.82, 2.24) is 0 Å². The highest BCUT2D eigenvalue weighted by atomic mass is 35.5. The maximum Gasteiger partial charge on any atom is 0.262 e. The molecule has 1 aromatic rings. The molecule has 0 saturated heterocycles. The Bertz CT molecular complexity index is 550. The SMILES string of the molecule is O=C1COc2cc(C(=O)C3CCCC3)c(Cl)cc2N1. The molecule has 3 rings (SSSR count). The van der Waals surface area contributed by atoms with Gasteiger partial charge in [-0.05, 0) is 25.0 Å². The van der Waals surface area contributed by atoms with Gasteiger partial charge in [-0.3, -0.25) is 9.59 Å². The molecule has 19 heavy (non-hydrogen) atoms. The summed E-state index contributed by atoms with van der Waals surface area (Å²) in [6.07, 6.45) is 4.07. The summed E-state index contributed by atoms with van der Waals surface area (Å²) >= 11 is 6.15. The second-order valence-corrected chi connectivity index (χ2v) is 5.42. The highest BCUT2D eigenvalue weighted by Gasteiger charge is 2.27. The second kappa shape index (κ2) is 4.85. The van der Waals surface area contributed by atoms with Crippen LogP contribution in [-0.4, -0.2) is 18.3 Å². The minimum atomic E-state index is -0.210. The van der Waals surface area contributed by atoms with Gasteiger partial charge in [0.05, 0.1) is 10.7 Å². The van der Waals surface area contributed by atoms with Gasteiger partial charge in [0.25, 0.3) is 5.91 Å². The Kier molecular flexibility index (Phi) is 3.19. The number of ether oxygens (including phenoxy) is 1. The standard InChI is InChI=1S/C14H14ClNO3/c15-10-6-11-12(19-7-13(17)16-11)5-9(10)14(18)8-3-1-2-4-8/h5-6,8H,1-4,7H2,(H,16,17). The van der Waals surface area contributed by atoms with E-state index in [0.717, 1.165) is 25.7 Å². The van der Waals surface area contributed by atoms with E-state index in [2.05, 4.69) is 5.32 Å². The first-order valence-electron chi connectivity index (χ1n) is 6.45. The molecule has 0 radical (unpaired) electrons. The average Bonchev–Trinajstić information content (AvgIpc) is 2.91. The number of hydrogen-bond donors (Lipinski definition) is 1. The van der Waals surface area contributed by atoms with Crippen LogP contribution in [0.4, 0.5) is 5.69 Å². The largest absolute Gasteiger partial charge is 0.482 e. The van der Waals surface area contributed by atoms with Gasteiger partial charge < -0.3 is 10.1 Å². The summed E-state index contributed by atoms with van der Waals surface area (Å²) in [7, 11) is 0. The molecule has 2 aliphatic rings. The average molecular weight is 280 g/mol. The van der Waals surface area contributed by atoms with Crippen molar-refractivity contribution in [2.45, 2.75) is 25.7 Å². The second-order valence-electron chi connectivity index (χ2n) is 5.01. The molecule has 4 nitrogen and oxygen atoms in total. The number of hydrogen-bond acceptors (Lipinski definition) is 3. The number of Topliss-reactive ketones (excluding diaryl/α,β-unsaturated/α-hetero) is 1. The zero-order valence-electron chi connectivity index (χ0n) is 10.4. The third-order valence-corrected chi connectivity index (χ3v) is 4.01. The molecular formula is C14H14ClNO3. The maximum absolute atomic E-state index is 12.4. The molecule has 1 aromatic carbocycles. The van der Waals surface area contributed by atoms with Crippen molar-refractivity contribution in [2.75, 3.05) is 11.9 Å². The molecule has 1 saturated carbocycles. The summed E-state index contributed by atoms with van der Waals surface area (Å²) in [6.45, 7) is -0.0221. The van der Waals surface area contributed by atoms with Crippen molar-refractivity contribution < 1.29 is 14.3 Å². The lowest BCUT2D eigenvalue weighted by atomic mass is 9.95. The monoisotopic (exact) mass is 279 g/mol. The molecule has 0 unspecified atom stereocenters. The zero-order valence-corrected chi connectivity index (χ0v) is 11.1. The van der Waals surface area contributed by atoms with E-state index in [1.807, 2.05) is 0 Å². The number of ketones is 1. The number of anilines is 1. The molecular weight excluding hydrogens is 266 g/mol. The number of rotatable bonds is 2. The van der Waals surface area contributed by atoms with Gasteiger partial charge in [0.2, 0.25) is 0 Å². The molecule has 1 N–H and O–H groups in total. The summed E-state index contributed by atoms with van der Waals surface area (Å²) in [5.41, 5.74) is 1.03. The van der Waals surface area contributed by atoms with Crippen LogP contribution < -0.4 is 10.1 Å². The van der Waals surface area contributed by atoms with Crippen LogP contribution in [0.5, 0.6) is 5.75 Å². The van der Waals surface area contributed by atoms with E-state index in [-0.39, 0.29) is 24.2 Å². The Morgan fingerprint density at radius 2 is 2.05 bits per heavy atom. The first-order chi connectivity index (χ1) is 9.15. The van der Waals surface area contributed by atoms with Crippen molar-refractivity contribution in [3.05, 3.63) is 22.7 Å². The van der Waals surface area contributed by atoms with E-state index in [1.54, 1.807) is 12.1 Å². The number of carbonyl (C=O) groups excluding carboxylic acids is 2. The summed E-state index contributed by atoms with van der Waals surface area (Å²) < 4.78 is 5.32. The van der Waals surface area contributed by atoms with Crippen LogP contribution >= 0.6 is 11.6 Å². The lowest BCUT2D eigenvalue weighted by Crippen LogP contribution is -2.25. The Morgan fingerprint density at radius 1 is 1.32 bits per heavy atom. The molecule has 5 heteroatoms. The Hall–Kier alpha value is -1.55. The van der Waals surface area contributed by atoms with Crippen LogP contribution in [-0.2, 0) is 4.79 Å². The number of carbonyl (C=O) groups is 2. The number of halogens is 1. The number of benzene rings is 1. The fraction of sp³-hybridized carbons (Fsp3) is 0.429. The van der Waals surface area contributed by atoms with E-state index in [0.29, 0.717) is 22.0 Å². The van der Waals surface area contributed by atoms with Crippen molar-refractivity contribution in [1.29, 1.82) is 0 Å². The Morgan fingerprint density at radius 3 is 2.79 bits per heavy atom. The van der Waals surface area contributed by atoms with Gasteiger partial charge >= 0.3 is 0 Å². The van der Waals surface area contributed by atoms with Crippen LogP contribution in [0.3, 0.4) is 0 Å². The molecule has 1 amide bonds. The fourth-order valence-electron chi connectivity index (χ4n) is 2.70. The lowest BCUT2D eigenvalue weighted by molar-refractivity contribution is -0.118. The predicted octanol–water partition coefficient (Wildman–Crippen LogP) is 3.04. The topological polar surface area (TPSA) is 55.4 Å². The highest BCUT2D eigenvalue weighted by Crippen LogP contribution is 2.36. The Labute approximate surface area is 116 Å². The third kappa shape index (κ3) is 2.32. The fourth-order valence-corrected chi connectivity index (χ4v) is 2.95. The number of nitrogens with one attached hydrogen (secondary N) is 1. The molecule has 1 aliphatic carbocycles. The van der Waals surface area contributed by atoms with E-state index in [9.17, 15) is 9.59 Å². The molecule has 0 aromatic heterocycles. The van der Waals surface area contributed by atoms with Crippen LogP contribution in [0.15, 0.2) is 12.1 Å². The molecule has 0 atom stereocenters. The van der Waals surface area contributed by atoms with Crippen molar-refractivity contribution in [3.8, 4) is 5.75 Å². The first kappa shape index (κ1) is 12.5. The zero-order chi connectivity index (χ0) is 13.4. The molecule has 1 aliphatic heterocycles. The smallest absolute Gasteiger partial charge is 0.262 e. The number of amides is 1. The van der Waals surface area contributed by atoms with Crippen molar-refractivity contribution in [3.63, 3.8) is 0 Å². The van der Waals surface area contributed by atoms with Gasteiger partial charge in [-0.2, -0.15) is 0 Å². The van der Waals surface area contributed by atoms with E-state index < -0.39 is 0 Å². The van der Waals surface area contributed by atoms with Crippen LogP contribution in [0.25, 0.3) is 0 Å². The van der Waals surface area contributed by atoms with Crippen LogP contribution in [0.2, 0.25) is 5.02 Å². The normalized spacial score (nSPS) is 18.7. The lowest BCUT2D eigenvalue weighted by Gasteiger charge is -2.20. The molecule has 0 bridgehead atoms. The van der Waals surface area contributed by atoms with Gasteiger partial charge in [-0.1, -0.05) is 24.4 Å². The molecule has 1 fully saturated rings. The van der Waals surface area contributed by atoms with E-state index in [1.165, 1.54) is 0 Å². The van der Waals surface area contributed by atoms with Gasteiger partial charge in [0.15, 0.2) is 12.4 Å². The van der Waals surface area contributed by atoms with E-state index in [4.69, 9.17) is 16.3 Å². The predicted molar refractivity (Wildman–Crippen MR) is 71.9 cm³/mol. The van der Waals surface area contributed by atoms with Gasteiger partial charge in [-0.15, -0.1) is 0 Å². The van der Waals surface area contributed by atoms with Gasteiger partial charge in [0.1, 0.15) is 5.75 Å². The Balaban J connectivity index is 1.94. The van der Waals surface area contributed by atoms with Gasteiger partial charge in [-0.25, -0.2) is 0 Å². The van der Waals surface area contributed by atoms with E-state index >= 15 is 0 Å². The summed E-state index contributed by atoms with van der Waals surface area (Å²) in [4.78, 5) is 23.6. The molecule has 100 valence electrons. The van der Waals surface area contributed by atoms with Gasteiger partial charge in [0, 0.05) is 11.5 Å². The minimum absolute atomic E-state index is 0.0221. The molecule has 1 heterocycles. The van der Waals surface area contributed by atoms with Crippen LogP contribution in [0.1, 0.15) is 36.0 Å². The first-order valence-corrected chi connectivity index (χ1v) is 6.83. The quantitative estimate of drug-likeness (QED) is 0.847. The summed E-state index contributed by atoms with van der Waals surface area (Å²) in [6, 6.07) is 3.24. The minimum Gasteiger partial charge on any atom is -0.482 e. The third-order valence-electron chi connectivity index (χ3n) is 3.69. The molecule has 0 spiro atoms. The van der Waals surface area contributed by atoms with Crippen molar-refractivity contribution in [2.24, 2.45) is 5.92 Å². The number of fused-ring (bicyclic) bond motifs is 1. The maximum atomic E-state index is 12.4. The summed E-state index contributed by atoms with van der Waals surface area (Å²) in [5.74, 6) is 0.475. The van der Waals surface area contributed by atoms with Crippen LogP contribution in [0, 0.1) is 5.92 Å².